The maximum absolute atomic E-state index is 6.27. The van der Waals surface area contributed by atoms with Crippen molar-refractivity contribution < 1.29 is 0 Å². The average molecular weight is 224 g/mol. The molecule has 0 aromatic rings. The Balaban J connectivity index is 1.65. The summed E-state index contributed by atoms with van der Waals surface area (Å²) in [5, 5.41) is 0. The molecule has 0 aromatic carbocycles. The van der Waals surface area contributed by atoms with Crippen LogP contribution in [0.5, 0.6) is 0 Å². The molecule has 1 aliphatic carbocycles. The molecule has 94 valence electrons. The molecule has 2 heteroatoms. The molecule has 0 amide bonds. The van der Waals surface area contributed by atoms with Crippen LogP contribution in [0.3, 0.4) is 0 Å². The van der Waals surface area contributed by atoms with E-state index in [1.165, 1.54) is 58.2 Å². The van der Waals surface area contributed by atoms with Gasteiger partial charge in [-0.05, 0) is 70.0 Å². The average Bonchev–Trinajstić information content (AvgIpc) is 2.24. The normalized spacial score (nSPS) is 27.0. The zero-order valence-electron chi connectivity index (χ0n) is 11.0. The van der Waals surface area contributed by atoms with E-state index in [9.17, 15) is 0 Å². The Morgan fingerprint density at radius 2 is 1.88 bits per heavy atom. The lowest BCUT2D eigenvalue weighted by Crippen LogP contribution is -2.49. The van der Waals surface area contributed by atoms with Crippen LogP contribution in [0.1, 0.15) is 52.4 Å². The second-order valence-electron chi connectivity index (χ2n) is 6.39. The smallest absolute Gasteiger partial charge is 0.0166 e. The lowest BCUT2D eigenvalue weighted by atomic mass is 9.75. The molecule has 1 saturated heterocycles. The number of hydrogen-bond acceptors (Lipinski definition) is 2. The topological polar surface area (TPSA) is 29.3 Å². The van der Waals surface area contributed by atoms with Crippen LogP contribution in [0.15, 0.2) is 0 Å². The summed E-state index contributed by atoms with van der Waals surface area (Å²) in [6, 6.07) is 0. The van der Waals surface area contributed by atoms with Gasteiger partial charge in [0, 0.05) is 5.54 Å². The summed E-state index contributed by atoms with van der Waals surface area (Å²) in [6.07, 6.45) is 7.89. The van der Waals surface area contributed by atoms with Gasteiger partial charge in [-0.15, -0.1) is 0 Å². The van der Waals surface area contributed by atoms with Crippen molar-refractivity contribution >= 4 is 0 Å². The van der Waals surface area contributed by atoms with E-state index in [0.29, 0.717) is 0 Å². The molecular formula is C14H28N2. The van der Waals surface area contributed by atoms with Crippen LogP contribution in [-0.2, 0) is 0 Å². The second-order valence-corrected chi connectivity index (χ2v) is 6.39. The van der Waals surface area contributed by atoms with E-state index in [0.717, 1.165) is 11.8 Å². The first-order valence-corrected chi connectivity index (χ1v) is 7.10. The number of nitrogens with zero attached hydrogens (tertiary/aromatic N) is 1. The summed E-state index contributed by atoms with van der Waals surface area (Å²) in [6.45, 7) is 8.58. The largest absolute Gasteiger partial charge is 0.325 e. The van der Waals surface area contributed by atoms with Crippen LogP contribution < -0.4 is 5.73 Å². The third-order valence-corrected chi connectivity index (χ3v) is 4.85. The van der Waals surface area contributed by atoms with E-state index in [1.807, 2.05) is 0 Å². The van der Waals surface area contributed by atoms with Crippen LogP contribution >= 0.6 is 0 Å². The van der Waals surface area contributed by atoms with Gasteiger partial charge in [-0.25, -0.2) is 0 Å². The molecule has 2 rings (SSSR count). The van der Waals surface area contributed by atoms with Crippen molar-refractivity contribution in [3.63, 3.8) is 0 Å². The molecule has 0 aromatic heterocycles. The van der Waals surface area contributed by atoms with Crippen molar-refractivity contribution in [1.29, 1.82) is 0 Å². The number of likely N-dealkylation sites (tertiary alicyclic amines) is 1. The lowest BCUT2D eigenvalue weighted by molar-refractivity contribution is 0.130. The molecule has 0 spiro atoms. The highest BCUT2D eigenvalue weighted by Crippen LogP contribution is 2.33. The Morgan fingerprint density at radius 1 is 1.25 bits per heavy atom. The minimum absolute atomic E-state index is 0.217. The Hall–Kier alpha value is -0.0800. The fourth-order valence-corrected chi connectivity index (χ4v) is 3.10. The highest BCUT2D eigenvalue weighted by Gasteiger charge is 2.32. The van der Waals surface area contributed by atoms with Crippen molar-refractivity contribution in [2.45, 2.75) is 57.9 Å². The standard InChI is InChI=1S/C14H28N2/c1-12(2)13-4-9-16(10-5-13)11-8-14(15)6-3-7-14/h12-13H,3-11,15H2,1-2H3. The van der Waals surface area contributed by atoms with Crippen molar-refractivity contribution in [2.24, 2.45) is 17.6 Å². The SMILES string of the molecule is CC(C)C1CCN(CCC2(N)CCC2)CC1. The summed E-state index contributed by atoms with van der Waals surface area (Å²) < 4.78 is 0. The van der Waals surface area contributed by atoms with Gasteiger partial charge in [0.05, 0.1) is 0 Å². The van der Waals surface area contributed by atoms with Crippen molar-refractivity contribution in [3.05, 3.63) is 0 Å². The van der Waals surface area contributed by atoms with Crippen molar-refractivity contribution in [2.75, 3.05) is 19.6 Å². The minimum Gasteiger partial charge on any atom is -0.325 e. The molecule has 2 N–H and O–H groups in total. The summed E-state index contributed by atoms with van der Waals surface area (Å²) in [5.74, 6) is 1.83. The van der Waals surface area contributed by atoms with Crippen LogP contribution in [0.2, 0.25) is 0 Å². The molecule has 1 aliphatic heterocycles. The Kier molecular flexibility index (Phi) is 3.91. The predicted molar refractivity (Wildman–Crippen MR) is 69.4 cm³/mol. The lowest BCUT2D eigenvalue weighted by Gasteiger charge is -2.41. The minimum atomic E-state index is 0.217. The number of piperidine rings is 1. The number of hydrogen-bond donors (Lipinski definition) is 1. The van der Waals surface area contributed by atoms with Gasteiger partial charge in [-0.3, -0.25) is 0 Å². The summed E-state index contributed by atoms with van der Waals surface area (Å²) in [7, 11) is 0. The highest BCUT2D eigenvalue weighted by molar-refractivity contribution is 4.93. The van der Waals surface area contributed by atoms with Gasteiger partial charge < -0.3 is 10.6 Å². The molecule has 2 aliphatic rings. The van der Waals surface area contributed by atoms with Gasteiger partial charge in [0.15, 0.2) is 0 Å². The first-order valence-electron chi connectivity index (χ1n) is 7.10. The molecule has 0 atom stereocenters. The van der Waals surface area contributed by atoms with Gasteiger partial charge in [-0.1, -0.05) is 13.8 Å². The maximum Gasteiger partial charge on any atom is 0.0166 e. The fourth-order valence-electron chi connectivity index (χ4n) is 3.10. The Bertz CT molecular complexity index is 213. The number of nitrogens with two attached hydrogens (primary N) is 1. The quantitative estimate of drug-likeness (QED) is 0.795. The van der Waals surface area contributed by atoms with Gasteiger partial charge >= 0.3 is 0 Å². The van der Waals surface area contributed by atoms with Crippen LogP contribution in [0, 0.1) is 11.8 Å². The molecule has 0 unspecified atom stereocenters. The first kappa shape index (κ1) is 12.4. The highest BCUT2D eigenvalue weighted by atomic mass is 15.1. The van der Waals surface area contributed by atoms with E-state index in [4.69, 9.17) is 5.73 Å². The van der Waals surface area contributed by atoms with Crippen molar-refractivity contribution in [1.82, 2.24) is 4.90 Å². The molecule has 16 heavy (non-hydrogen) atoms. The summed E-state index contributed by atoms with van der Waals surface area (Å²) in [4.78, 5) is 2.63. The van der Waals surface area contributed by atoms with Crippen LogP contribution in [-0.4, -0.2) is 30.1 Å². The molecule has 2 nitrogen and oxygen atoms in total. The van der Waals surface area contributed by atoms with Crippen molar-refractivity contribution in [3.8, 4) is 0 Å². The molecule has 0 bridgehead atoms. The second kappa shape index (κ2) is 5.05. The fraction of sp³-hybridized carbons (Fsp3) is 1.00. The van der Waals surface area contributed by atoms with Gasteiger partial charge in [0.1, 0.15) is 0 Å². The monoisotopic (exact) mass is 224 g/mol. The first-order chi connectivity index (χ1) is 7.59. The van der Waals surface area contributed by atoms with Gasteiger partial charge in [-0.2, -0.15) is 0 Å². The molecular weight excluding hydrogens is 196 g/mol. The predicted octanol–water partition coefficient (Wildman–Crippen LogP) is 2.63. The van der Waals surface area contributed by atoms with E-state index in [2.05, 4.69) is 18.7 Å². The Morgan fingerprint density at radius 3 is 2.31 bits per heavy atom. The third kappa shape index (κ3) is 2.98. The molecule has 2 fully saturated rings. The van der Waals surface area contributed by atoms with E-state index >= 15 is 0 Å². The van der Waals surface area contributed by atoms with Gasteiger partial charge in [0.2, 0.25) is 0 Å². The summed E-state index contributed by atoms with van der Waals surface area (Å²) >= 11 is 0. The summed E-state index contributed by atoms with van der Waals surface area (Å²) in [5.41, 5.74) is 6.49. The zero-order chi connectivity index (χ0) is 11.6. The van der Waals surface area contributed by atoms with E-state index in [-0.39, 0.29) is 5.54 Å². The number of rotatable bonds is 4. The van der Waals surface area contributed by atoms with Gasteiger partial charge in [0.25, 0.3) is 0 Å². The molecule has 1 heterocycles. The molecule has 0 radical (unpaired) electrons. The van der Waals surface area contributed by atoms with Crippen LogP contribution in [0.25, 0.3) is 0 Å². The van der Waals surface area contributed by atoms with E-state index in [1.54, 1.807) is 0 Å². The molecule has 1 saturated carbocycles. The third-order valence-electron chi connectivity index (χ3n) is 4.85. The Labute approximate surface area is 101 Å². The maximum atomic E-state index is 6.27. The zero-order valence-corrected chi connectivity index (χ0v) is 11.0. The van der Waals surface area contributed by atoms with E-state index < -0.39 is 0 Å². The van der Waals surface area contributed by atoms with Crippen LogP contribution in [0.4, 0.5) is 0 Å².